The third kappa shape index (κ3) is 2.59. The van der Waals surface area contributed by atoms with Crippen molar-refractivity contribution >= 4 is 11.6 Å². The van der Waals surface area contributed by atoms with Gasteiger partial charge in [0.2, 0.25) is 5.91 Å². The number of carbonyl (C=O) groups excluding carboxylic acids is 1. The third-order valence-corrected chi connectivity index (χ3v) is 3.13. The first-order valence-electron chi connectivity index (χ1n) is 6.21. The van der Waals surface area contributed by atoms with E-state index in [-0.39, 0.29) is 5.91 Å². The second-order valence-corrected chi connectivity index (χ2v) is 4.75. The molecule has 1 amide bonds. The lowest BCUT2D eigenvalue weighted by molar-refractivity contribution is -0.116. The van der Waals surface area contributed by atoms with E-state index in [1.807, 2.05) is 30.3 Å². The smallest absolute Gasteiger partial charge is 0.224 e. The van der Waals surface area contributed by atoms with Crippen LogP contribution in [0.4, 0.5) is 5.69 Å². The van der Waals surface area contributed by atoms with Gasteiger partial charge in [0.05, 0.1) is 5.69 Å². The van der Waals surface area contributed by atoms with E-state index in [1.54, 1.807) is 6.20 Å². The topological polar surface area (TPSA) is 57.8 Å². The van der Waals surface area contributed by atoms with Gasteiger partial charge in [-0.25, -0.2) is 0 Å². The molecule has 0 aliphatic heterocycles. The van der Waals surface area contributed by atoms with Crippen LogP contribution in [0.3, 0.4) is 0 Å². The molecule has 0 unspecified atom stereocenters. The van der Waals surface area contributed by atoms with Crippen LogP contribution in [-0.4, -0.2) is 16.1 Å². The molecule has 0 spiro atoms. The summed E-state index contributed by atoms with van der Waals surface area (Å²) in [4.78, 5) is 11.7. The van der Waals surface area contributed by atoms with E-state index in [9.17, 15) is 4.79 Å². The van der Waals surface area contributed by atoms with Gasteiger partial charge in [-0.2, -0.15) is 5.10 Å². The Morgan fingerprint density at radius 2 is 2.28 bits per heavy atom. The fraction of sp³-hybridized carbons (Fsp3) is 0.286. The van der Waals surface area contributed by atoms with E-state index in [4.69, 9.17) is 0 Å². The molecule has 1 fully saturated rings. The maximum atomic E-state index is 11.7. The van der Waals surface area contributed by atoms with E-state index in [0.29, 0.717) is 12.3 Å². The number of H-pyrrole nitrogens is 1. The van der Waals surface area contributed by atoms with E-state index < -0.39 is 0 Å². The number of nitrogens with one attached hydrogen (secondary N) is 2. The van der Waals surface area contributed by atoms with Gasteiger partial charge in [-0.3, -0.25) is 9.89 Å². The number of hydrogen-bond donors (Lipinski definition) is 2. The summed E-state index contributed by atoms with van der Waals surface area (Å²) < 4.78 is 0. The largest absolute Gasteiger partial charge is 0.326 e. The molecular formula is C14H15N3O. The lowest BCUT2D eigenvalue weighted by atomic mass is 10.1. The number of benzene rings is 1. The van der Waals surface area contributed by atoms with Crippen LogP contribution in [0.25, 0.3) is 11.3 Å². The molecule has 18 heavy (non-hydrogen) atoms. The molecule has 0 saturated heterocycles. The number of anilines is 1. The number of aromatic amines is 1. The van der Waals surface area contributed by atoms with Gasteiger partial charge >= 0.3 is 0 Å². The molecule has 1 aliphatic carbocycles. The molecule has 3 rings (SSSR count). The van der Waals surface area contributed by atoms with Crippen molar-refractivity contribution in [2.75, 3.05) is 5.32 Å². The maximum absolute atomic E-state index is 11.7. The highest BCUT2D eigenvalue weighted by Crippen LogP contribution is 2.32. The standard InChI is InChI=1S/C14H15N3O/c18-14(8-10-4-5-10)16-12-3-1-2-11(9-12)13-6-7-15-17-13/h1-3,6-7,9-10H,4-5,8H2,(H,15,17)(H,16,18). The van der Waals surface area contributed by atoms with Gasteiger partial charge in [0.25, 0.3) is 0 Å². The van der Waals surface area contributed by atoms with Gasteiger partial charge in [-0.05, 0) is 37.0 Å². The van der Waals surface area contributed by atoms with Gasteiger partial charge in [0.1, 0.15) is 0 Å². The first-order valence-corrected chi connectivity index (χ1v) is 6.21. The van der Waals surface area contributed by atoms with Crippen LogP contribution in [0, 0.1) is 5.92 Å². The zero-order chi connectivity index (χ0) is 12.4. The average molecular weight is 241 g/mol. The minimum atomic E-state index is 0.110. The summed E-state index contributed by atoms with van der Waals surface area (Å²) in [7, 11) is 0. The van der Waals surface area contributed by atoms with Gasteiger partial charge in [-0.15, -0.1) is 0 Å². The molecular weight excluding hydrogens is 226 g/mol. The lowest BCUT2D eigenvalue weighted by Gasteiger charge is -2.06. The second-order valence-electron chi connectivity index (χ2n) is 4.75. The van der Waals surface area contributed by atoms with Crippen LogP contribution >= 0.6 is 0 Å². The van der Waals surface area contributed by atoms with Crippen molar-refractivity contribution in [1.29, 1.82) is 0 Å². The van der Waals surface area contributed by atoms with Crippen LogP contribution in [0.2, 0.25) is 0 Å². The normalized spacial score (nSPS) is 14.4. The Balaban J connectivity index is 1.72. The minimum Gasteiger partial charge on any atom is -0.326 e. The zero-order valence-corrected chi connectivity index (χ0v) is 10.0. The predicted octanol–water partition coefficient (Wildman–Crippen LogP) is 2.82. The summed E-state index contributed by atoms with van der Waals surface area (Å²) in [6.07, 6.45) is 4.76. The highest BCUT2D eigenvalue weighted by atomic mass is 16.1. The number of amides is 1. The van der Waals surface area contributed by atoms with Crippen molar-refractivity contribution < 1.29 is 4.79 Å². The molecule has 92 valence electrons. The molecule has 1 saturated carbocycles. The van der Waals surface area contributed by atoms with Crippen LogP contribution in [0.5, 0.6) is 0 Å². The van der Waals surface area contributed by atoms with Gasteiger partial charge in [0, 0.05) is 23.9 Å². The third-order valence-electron chi connectivity index (χ3n) is 3.13. The zero-order valence-electron chi connectivity index (χ0n) is 10.0. The molecule has 1 aromatic carbocycles. The van der Waals surface area contributed by atoms with Crippen molar-refractivity contribution in [3.63, 3.8) is 0 Å². The Morgan fingerprint density at radius 1 is 1.39 bits per heavy atom. The van der Waals surface area contributed by atoms with E-state index >= 15 is 0 Å². The first kappa shape index (κ1) is 11.0. The fourth-order valence-corrected chi connectivity index (χ4v) is 1.98. The SMILES string of the molecule is O=C(CC1CC1)Nc1cccc(-c2ccn[nH]2)c1. The highest BCUT2D eigenvalue weighted by molar-refractivity contribution is 5.91. The highest BCUT2D eigenvalue weighted by Gasteiger charge is 2.24. The maximum Gasteiger partial charge on any atom is 0.224 e. The average Bonchev–Trinajstić information content (AvgIpc) is 3.00. The quantitative estimate of drug-likeness (QED) is 0.864. The van der Waals surface area contributed by atoms with Crippen molar-refractivity contribution in [2.45, 2.75) is 19.3 Å². The molecule has 4 nitrogen and oxygen atoms in total. The molecule has 0 bridgehead atoms. The van der Waals surface area contributed by atoms with E-state index in [0.717, 1.165) is 16.9 Å². The summed E-state index contributed by atoms with van der Waals surface area (Å²) >= 11 is 0. The fourth-order valence-electron chi connectivity index (χ4n) is 1.98. The van der Waals surface area contributed by atoms with Gasteiger partial charge < -0.3 is 5.32 Å². The van der Waals surface area contributed by atoms with Crippen molar-refractivity contribution in [2.24, 2.45) is 5.92 Å². The van der Waals surface area contributed by atoms with Crippen molar-refractivity contribution in [3.8, 4) is 11.3 Å². The summed E-state index contributed by atoms with van der Waals surface area (Å²) in [5.74, 6) is 0.722. The lowest BCUT2D eigenvalue weighted by Crippen LogP contribution is -2.11. The number of nitrogens with zero attached hydrogens (tertiary/aromatic N) is 1. The Labute approximate surface area is 105 Å². The summed E-state index contributed by atoms with van der Waals surface area (Å²) in [5, 5.41) is 9.78. The van der Waals surface area contributed by atoms with E-state index in [2.05, 4.69) is 15.5 Å². The van der Waals surface area contributed by atoms with Crippen molar-refractivity contribution in [3.05, 3.63) is 36.5 Å². The number of hydrogen-bond acceptors (Lipinski definition) is 2. The Morgan fingerprint density at radius 3 is 3.00 bits per heavy atom. The Bertz CT molecular complexity index is 544. The monoisotopic (exact) mass is 241 g/mol. The first-order chi connectivity index (χ1) is 8.81. The van der Waals surface area contributed by atoms with Crippen LogP contribution in [0.15, 0.2) is 36.5 Å². The number of carbonyl (C=O) groups is 1. The summed E-state index contributed by atoms with van der Waals surface area (Å²) in [6, 6.07) is 9.70. The summed E-state index contributed by atoms with van der Waals surface area (Å²) in [5.41, 5.74) is 2.82. The number of rotatable bonds is 4. The molecule has 2 aromatic rings. The van der Waals surface area contributed by atoms with Crippen LogP contribution < -0.4 is 5.32 Å². The molecule has 0 radical (unpaired) electrons. The predicted molar refractivity (Wildman–Crippen MR) is 70.0 cm³/mol. The number of aromatic nitrogens is 2. The molecule has 1 aromatic heterocycles. The molecule has 1 aliphatic rings. The minimum absolute atomic E-state index is 0.110. The molecule has 4 heteroatoms. The molecule has 1 heterocycles. The van der Waals surface area contributed by atoms with Crippen LogP contribution in [0.1, 0.15) is 19.3 Å². The Hall–Kier alpha value is -2.10. The summed E-state index contributed by atoms with van der Waals surface area (Å²) in [6.45, 7) is 0. The van der Waals surface area contributed by atoms with Crippen molar-refractivity contribution in [1.82, 2.24) is 10.2 Å². The van der Waals surface area contributed by atoms with Crippen LogP contribution in [-0.2, 0) is 4.79 Å². The van der Waals surface area contributed by atoms with Gasteiger partial charge in [0.15, 0.2) is 0 Å². The van der Waals surface area contributed by atoms with Gasteiger partial charge in [-0.1, -0.05) is 12.1 Å². The van der Waals surface area contributed by atoms with E-state index in [1.165, 1.54) is 12.8 Å². The molecule has 0 atom stereocenters. The Kier molecular flexibility index (Phi) is 2.84. The second kappa shape index (κ2) is 4.64. The molecule has 2 N–H and O–H groups in total.